The molecule has 0 fully saturated rings. The molecule has 0 aliphatic rings. The molecule has 0 aromatic heterocycles. The van der Waals surface area contributed by atoms with Gasteiger partial charge in [-0.05, 0) is 36.6 Å². The van der Waals surface area contributed by atoms with E-state index in [2.05, 4.69) is 0 Å². The lowest BCUT2D eigenvalue weighted by atomic mass is 10.0. The predicted octanol–water partition coefficient (Wildman–Crippen LogP) is 2.36. The highest BCUT2D eigenvalue weighted by Crippen LogP contribution is 2.24. The molecular formula is C10H10ClNO2S. The monoisotopic (exact) mass is 243 g/mol. The largest absolute Gasteiger partial charge is 0.261 e. The lowest BCUT2D eigenvalue weighted by Gasteiger charge is -2.08. The van der Waals surface area contributed by atoms with E-state index in [0.29, 0.717) is 17.5 Å². The molecule has 0 unspecified atom stereocenters. The highest BCUT2D eigenvalue weighted by Gasteiger charge is 2.16. The average molecular weight is 244 g/mol. The number of nitriles is 1. The number of nitrogens with zero attached hydrogens (tertiary/aromatic N) is 1. The van der Waals surface area contributed by atoms with Gasteiger partial charge in [0.05, 0.1) is 16.5 Å². The Morgan fingerprint density at radius 2 is 2.07 bits per heavy atom. The summed E-state index contributed by atoms with van der Waals surface area (Å²) in [6.07, 6.45) is 0.667. The fraction of sp³-hybridized carbons (Fsp3) is 0.300. The summed E-state index contributed by atoms with van der Waals surface area (Å²) < 4.78 is 22.5. The molecule has 0 aliphatic carbocycles. The van der Waals surface area contributed by atoms with Gasteiger partial charge in [0.25, 0.3) is 9.05 Å². The van der Waals surface area contributed by atoms with Crippen molar-refractivity contribution in [2.24, 2.45) is 0 Å². The Balaban J connectivity index is 3.60. The van der Waals surface area contributed by atoms with E-state index < -0.39 is 9.05 Å². The average Bonchev–Trinajstić information content (AvgIpc) is 2.16. The van der Waals surface area contributed by atoms with Gasteiger partial charge in [-0.3, -0.25) is 0 Å². The summed E-state index contributed by atoms with van der Waals surface area (Å²) in [7, 11) is 1.51. The van der Waals surface area contributed by atoms with E-state index in [1.165, 1.54) is 6.07 Å². The maximum absolute atomic E-state index is 11.2. The van der Waals surface area contributed by atoms with Gasteiger partial charge in [0.2, 0.25) is 0 Å². The summed E-state index contributed by atoms with van der Waals surface area (Å²) in [6, 6.07) is 4.90. The summed E-state index contributed by atoms with van der Waals surface area (Å²) in [5.74, 6) is 0. The van der Waals surface area contributed by atoms with Crippen LogP contribution in [-0.4, -0.2) is 8.42 Å². The normalized spacial score (nSPS) is 11.1. The standard InChI is InChI=1S/C10H10ClNO2S/c1-3-9-4-8(6-12)5-10(7(9)2)15(11,13)14/h4-5H,3H2,1-2H3. The van der Waals surface area contributed by atoms with E-state index in [1.807, 2.05) is 13.0 Å². The molecule has 0 spiro atoms. The van der Waals surface area contributed by atoms with Crippen molar-refractivity contribution in [1.29, 1.82) is 5.26 Å². The Hall–Kier alpha value is -1.05. The molecule has 1 rings (SSSR count). The third-order valence-corrected chi connectivity index (χ3v) is 3.69. The van der Waals surface area contributed by atoms with Gasteiger partial charge in [-0.15, -0.1) is 0 Å². The third-order valence-electron chi connectivity index (χ3n) is 2.24. The zero-order chi connectivity index (χ0) is 11.6. The van der Waals surface area contributed by atoms with E-state index in [9.17, 15) is 8.42 Å². The zero-order valence-electron chi connectivity index (χ0n) is 8.41. The Kier molecular flexibility index (Phi) is 3.38. The molecule has 0 saturated heterocycles. The van der Waals surface area contributed by atoms with Crippen LogP contribution in [0, 0.1) is 18.3 Å². The Labute approximate surface area is 93.7 Å². The fourth-order valence-electron chi connectivity index (χ4n) is 1.43. The van der Waals surface area contributed by atoms with Gasteiger partial charge >= 0.3 is 0 Å². The van der Waals surface area contributed by atoms with Crippen LogP contribution in [-0.2, 0) is 15.5 Å². The summed E-state index contributed by atoms with van der Waals surface area (Å²) >= 11 is 0. The Morgan fingerprint density at radius 1 is 1.47 bits per heavy atom. The molecule has 1 aromatic rings. The molecule has 15 heavy (non-hydrogen) atoms. The Morgan fingerprint density at radius 3 is 2.47 bits per heavy atom. The van der Waals surface area contributed by atoms with E-state index in [0.717, 1.165) is 5.56 Å². The molecule has 0 heterocycles. The van der Waals surface area contributed by atoms with Crippen molar-refractivity contribution in [3.63, 3.8) is 0 Å². The van der Waals surface area contributed by atoms with Crippen LogP contribution >= 0.6 is 10.7 Å². The number of aryl methyl sites for hydroxylation is 1. The number of hydrogen-bond acceptors (Lipinski definition) is 3. The molecule has 0 atom stereocenters. The SMILES string of the molecule is CCc1cc(C#N)cc(S(=O)(=O)Cl)c1C. The van der Waals surface area contributed by atoms with Crippen LogP contribution in [0.15, 0.2) is 17.0 Å². The number of hydrogen-bond donors (Lipinski definition) is 0. The molecular weight excluding hydrogens is 234 g/mol. The topological polar surface area (TPSA) is 57.9 Å². The molecule has 0 radical (unpaired) electrons. The zero-order valence-corrected chi connectivity index (χ0v) is 9.98. The first-order valence-electron chi connectivity index (χ1n) is 4.38. The van der Waals surface area contributed by atoms with Crippen LogP contribution in [0.3, 0.4) is 0 Å². The van der Waals surface area contributed by atoms with Gasteiger partial charge in [0, 0.05) is 10.7 Å². The van der Waals surface area contributed by atoms with Crippen LogP contribution in [0.4, 0.5) is 0 Å². The van der Waals surface area contributed by atoms with Crippen molar-refractivity contribution < 1.29 is 8.42 Å². The lowest BCUT2D eigenvalue weighted by molar-refractivity contribution is 0.609. The first kappa shape index (κ1) is 12.0. The third kappa shape index (κ3) is 2.49. The summed E-state index contributed by atoms with van der Waals surface area (Å²) in [6.45, 7) is 3.59. The molecule has 0 amide bonds. The molecule has 0 saturated carbocycles. The minimum Gasteiger partial charge on any atom is -0.207 e. The van der Waals surface area contributed by atoms with Crippen molar-refractivity contribution in [3.05, 3.63) is 28.8 Å². The highest BCUT2D eigenvalue weighted by atomic mass is 35.7. The molecule has 0 aliphatic heterocycles. The second-order valence-corrected chi connectivity index (χ2v) is 5.70. The van der Waals surface area contributed by atoms with Gasteiger partial charge < -0.3 is 0 Å². The maximum Gasteiger partial charge on any atom is 0.261 e. The fourth-order valence-corrected chi connectivity index (χ4v) is 2.68. The smallest absolute Gasteiger partial charge is 0.207 e. The van der Waals surface area contributed by atoms with Crippen LogP contribution in [0.25, 0.3) is 0 Å². The lowest BCUT2D eigenvalue weighted by Crippen LogP contribution is -1.99. The van der Waals surface area contributed by atoms with Gasteiger partial charge in [-0.1, -0.05) is 6.92 Å². The minimum absolute atomic E-state index is 0.0278. The predicted molar refractivity (Wildman–Crippen MR) is 58.3 cm³/mol. The maximum atomic E-state index is 11.2. The summed E-state index contributed by atoms with van der Waals surface area (Å²) in [5.41, 5.74) is 1.76. The van der Waals surface area contributed by atoms with Gasteiger partial charge in [-0.2, -0.15) is 5.26 Å². The van der Waals surface area contributed by atoms with E-state index in [-0.39, 0.29) is 4.90 Å². The van der Waals surface area contributed by atoms with Gasteiger partial charge in [0.15, 0.2) is 0 Å². The van der Waals surface area contributed by atoms with Crippen LogP contribution < -0.4 is 0 Å². The number of rotatable bonds is 2. The second kappa shape index (κ2) is 4.21. The minimum atomic E-state index is -3.78. The second-order valence-electron chi connectivity index (χ2n) is 3.16. The molecule has 0 bridgehead atoms. The van der Waals surface area contributed by atoms with Gasteiger partial charge in [0.1, 0.15) is 0 Å². The highest BCUT2D eigenvalue weighted by molar-refractivity contribution is 8.13. The van der Waals surface area contributed by atoms with Crippen molar-refractivity contribution in [3.8, 4) is 6.07 Å². The Bertz CT molecular complexity index is 529. The van der Waals surface area contributed by atoms with E-state index in [1.54, 1.807) is 13.0 Å². The van der Waals surface area contributed by atoms with Crippen molar-refractivity contribution in [1.82, 2.24) is 0 Å². The molecule has 1 aromatic carbocycles. The summed E-state index contributed by atoms with van der Waals surface area (Å²) in [5, 5.41) is 8.75. The number of benzene rings is 1. The van der Waals surface area contributed by atoms with Gasteiger partial charge in [-0.25, -0.2) is 8.42 Å². The van der Waals surface area contributed by atoms with E-state index in [4.69, 9.17) is 15.9 Å². The first-order valence-corrected chi connectivity index (χ1v) is 6.69. The van der Waals surface area contributed by atoms with E-state index >= 15 is 0 Å². The molecule has 5 heteroatoms. The quantitative estimate of drug-likeness (QED) is 0.750. The van der Waals surface area contributed by atoms with Crippen LogP contribution in [0.2, 0.25) is 0 Å². The number of halogens is 1. The molecule has 0 N–H and O–H groups in total. The van der Waals surface area contributed by atoms with Crippen LogP contribution in [0.5, 0.6) is 0 Å². The first-order chi connectivity index (χ1) is 6.90. The van der Waals surface area contributed by atoms with Crippen LogP contribution in [0.1, 0.15) is 23.6 Å². The molecule has 80 valence electrons. The van der Waals surface area contributed by atoms with Crippen molar-refractivity contribution in [2.75, 3.05) is 0 Å². The van der Waals surface area contributed by atoms with Crippen molar-refractivity contribution >= 4 is 19.7 Å². The summed E-state index contributed by atoms with van der Waals surface area (Å²) in [4.78, 5) is 0.0278. The molecule has 3 nitrogen and oxygen atoms in total. The van der Waals surface area contributed by atoms with Crippen molar-refractivity contribution in [2.45, 2.75) is 25.2 Å².